The van der Waals surface area contributed by atoms with Crippen LogP contribution in [-0.2, 0) is 6.42 Å². The van der Waals surface area contributed by atoms with E-state index in [1.807, 2.05) is 31.3 Å². The third-order valence-corrected chi connectivity index (χ3v) is 5.52. The normalized spacial score (nSPS) is 11.5. The lowest BCUT2D eigenvalue weighted by molar-refractivity contribution is 0.639. The first-order valence-corrected chi connectivity index (χ1v) is 9.69. The van der Waals surface area contributed by atoms with Crippen LogP contribution in [0.2, 0.25) is 0 Å². The van der Waals surface area contributed by atoms with Crippen molar-refractivity contribution >= 4 is 24.3 Å². The predicted octanol–water partition coefficient (Wildman–Crippen LogP) is 4.61. The Kier molecular flexibility index (Phi) is 4.01. The van der Waals surface area contributed by atoms with Gasteiger partial charge in [0.05, 0.1) is 0 Å². The quantitative estimate of drug-likeness (QED) is 0.703. The highest BCUT2D eigenvalue weighted by molar-refractivity contribution is 7.64. The number of pyridine rings is 1. The number of rotatable bonds is 3. The van der Waals surface area contributed by atoms with Gasteiger partial charge in [-0.05, 0) is 43.9 Å². The van der Waals surface area contributed by atoms with Gasteiger partial charge >= 0.3 is 0 Å². The van der Waals surface area contributed by atoms with Crippen LogP contribution < -0.4 is 5.30 Å². The van der Waals surface area contributed by atoms with Crippen LogP contribution in [0.5, 0.6) is 0 Å². The van der Waals surface area contributed by atoms with Crippen LogP contribution in [0.1, 0.15) is 18.1 Å². The average Bonchev–Trinajstić information content (AvgIpc) is 2.89. The first-order valence-electron chi connectivity index (χ1n) is 7.45. The highest BCUT2D eigenvalue weighted by atomic mass is 31.1. The lowest BCUT2D eigenvalue weighted by Crippen LogP contribution is -2.11. The molecule has 1 N–H and O–H groups in total. The Morgan fingerprint density at radius 3 is 2.73 bits per heavy atom. The molecule has 4 heteroatoms. The van der Waals surface area contributed by atoms with Crippen LogP contribution in [0.15, 0.2) is 30.6 Å². The zero-order chi connectivity index (χ0) is 15.9. The molecule has 0 aliphatic carbocycles. The van der Waals surface area contributed by atoms with Crippen molar-refractivity contribution in [2.45, 2.75) is 20.3 Å². The first-order chi connectivity index (χ1) is 10.5. The molecule has 2 nitrogen and oxygen atoms in total. The van der Waals surface area contributed by atoms with E-state index in [-0.39, 0.29) is 5.82 Å². The van der Waals surface area contributed by atoms with Gasteiger partial charge in [-0.15, -0.1) is 0 Å². The minimum Gasteiger partial charge on any atom is -0.346 e. The molecule has 0 bridgehead atoms. The number of fused-ring (bicyclic) bond motifs is 1. The summed E-state index contributed by atoms with van der Waals surface area (Å²) in [4.78, 5) is 7.62. The Balaban J connectivity index is 2.21. The highest BCUT2D eigenvalue weighted by Gasteiger charge is 2.16. The van der Waals surface area contributed by atoms with Crippen molar-refractivity contribution in [3.63, 3.8) is 0 Å². The topological polar surface area (TPSA) is 28.7 Å². The van der Waals surface area contributed by atoms with E-state index in [1.54, 1.807) is 6.20 Å². The number of benzene rings is 1. The van der Waals surface area contributed by atoms with Gasteiger partial charge < -0.3 is 4.98 Å². The van der Waals surface area contributed by atoms with Crippen molar-refractivity contribution in [3.8, 4) is 11.1 Å². The predicted molar refractivity (Wildman–Crippen MR) is 94.0 cm³/mol. The molecule has 0 saturated carbocycles. The number of H-pyrrole nitrogens is 1. The molecule has 0 amide bonds. The minimum atomic E-state index is -0.480. The second-order valence-corrected chi connectivity index (χ2v) is 8.01. The monoisotopic (exact) mass is 314 g/mol. The van der Waals surface area contributed by atoms with Crippen molar-refractivity contribution in [1.82, 2.24) is 9.97 Å². The summed E-state index contributed by atoms with van der Waals surface area (Å²) in [6.45, 7) is 8.27. The minimum absolute atomic E-state index is 0.0918. The maximum absolute atomic E-state index is 15.0. The Labute approximate surface area is 131 Å². The zero-order valence-corrected chi connectivity index (χ0v) is 14.3. The van der Waals surface area contributed by atoms with Crippen molar-refractivity contribution in [3.05, 3.63) is 47.5 Å². The van der Waals surface area contributed by atoms with E-state index in [1.165, 1.54) is 5.56 Å². The van der Waals surface area contributed by atoms with E-state index < -0.39 is 7.92 Å². The fraction of sp³-hybridized carbons (Fsp3) is 0.278. The lowest BCUT2D eigenvalue weighted by atomic mass is 10.0. The molecule has 0 atom stereocenters. The first kappa shape index (κ1) is 15.2. The SMILES string of the molecule is CCc1c[nH]c2ncc(-c3ccc(C)c(P(C)C)c3F)cc12. The second-order valence-electron chi connectivity index (χ2n) is 5.77. The molecule has 0 saturated heterocycles. The third kappa shape index (κ3) is 2.44. The van der Waals surface area contributed by atoms with Gasteiger partial charge in [0.2, 0.25) is 0 Å². The van der Waals surface area contributed by atoms with Gasteiger partial charge in [-0.25, -0.2) is 9.37 Å². The number of nitrogens with one attached hydrogen (secondary N) is 1. The number of hydrogen-bond donors (Lipinski definition) is 1. The molecule has 2 heterocycles. The van der Waals surface area contributed by atoms with E-state index in [0.29, 0.717) is 5.56 Å². The van der Waals surface area contributed by atoms with Crippen LogP contribution in [0, 0.1) is 12.7 Å². The molecule has 0 unspecified atom stereocenters. The summed E-state index contributed by atoms with van der Waals surface area (Å²) in [6.07, 6.45) is 4.67. The number of aryl methyl sites for hydroxylation is 2. The summed E-state index contributed by atoms with van der Waals surface area (Å²) >= 11 is 0. The summed E-state index contributed by atoms with van der Waals surface area (Å²) in [5, 5.41) is 1.94. The van der Waals surface area contributed by atoms with Crippen LogP contribution in [0.3, 0.4) is 0 Å². The molecule has 3 aromatic rings. The largest absolute Gasteiger partial charge is 0.346 e. The summed E-state index contributed by atoms with van der Waals surface area (Å²) in [7, 11) is -0.480. The molecular formula is C18H20FN2P. The molecule has 0 fully saturated rings. The molecule has 0 radical (unpaired) electrons. The van der Waals surface area contributed by atoms with Gasteiger partial charge in [0, 0.05) is 34.2 Å². The number of nitrogens with zero attached hydrogens (tertiary/aromatic N) is 1. The summed E-state index contributed by atoms with van der Waals surface area (Å²) < 4.78 is 15.0. The summed E-state index contributed by atoms with van der Waals surface area (Å²) in [6, 6.07) is 5.93. The molecule has 0 spiro atoms. The third-order valence-electron chi connectivity index (χ3n) is 4.07. The number of aromatic amines is 1. The lowest BCUT2D eigenvalue weighted by Gasteiger charge is -2.15. The molecule has 22 heavy (non-hydrogen) atoms. The summed E-state index contributed by atoms with van der Waals surface area (Å²) in [5.41, 5.74) is 4.60. The molecule has 3 rings (SSSR count). The Morgan fingerprint density at radius 2 is 2.05 bits per heavy atom. The molecule has 0 aliphatic rings. The Bertz CT molecular complexity index is 836. The van der Waals surface area contributed by atoms with E-state index in [9.17, 15) is 4.39 Å². The van der Waals surface area contributed by atoms with Crippen LogP contribution in [-0.4, -0.2) is 23.3 Å². The molecule has 114 valence electrons. The van der Waals surface area contributed by atoms with E-state index >= 15 is 0 Å². The van der Waals surface area contributed by atoms with Crippen molar-refractivity contribution in [2.24, 2.45) is 0 Å². The van der Waals surface area contributed by atoms with Crippen molar-refractivity contribution in [1.29, 1.82) is 0 Å². The van der Waals surface area contributed by atoms with Crippen LogP contribution in [0.25, 0.3) is 22.2 Å². The fourth-order valence-electron chi connectivity index (χ4n) is 2.93. The number of halogens is 1. The molecule has 2 aromatic heterocycles. The van der Waals surface area contributed by atoms with Gasteiger partial charge in [-0.1, -0.05) is 27.0 Å². The second kappa shape index (κ2) is 5.81. The summed E-state index contributed by atoms with van der Waals surface area (Å²) in [5.74, 6) is -0.0918. The smallest absolute Gasteiger partial charge is 0.138 e. The van der Waals surface area contributed by atoms with Crippen LogP contribution >= 0.6 is 7.92 Å². The number of hydrogen-bond acceptors (Lipinski definition) is 1. The van der Waals surface area contributed by atoms with Gasteiger partial charge in [0.15, 0.2) is 0 Å². The van der Waals surface area contributed by atoms with Gasteiger partial charge in [0.25, 0.3) is 0 Å². The molecule has 0 aliphatic heterocycles. The van der Waals surface area contributed by atoms with Gasteiger partial charge in [0.1, 0.15) is 11.5 Å². The van der Waals surface area contributed by atoms with Crippen molar-refractivity contribution < 1.29 is 4.39 Å². The van der Waals surface area contributed by atoms with Gasteiger partial charge in [-0.2, -0.15) is 0 Å². The maximum atomic E-state index is 15.0. The van der Waals surface area contributed by atoms with Gasteiger partial charge in [-0.3, -0.25) is 0 Å². The Morgan fingerprint density at radius 1 is 1.27 bits per heavy atom. The van der Waals surface area contributed by atoms with E-state index in [0.717, 1.165) is 33.9 Å². The average molecular weight is 314 g/mol. The molecular weight excluding hydrogens is 294 g/mol. The highest BCUT2D eigenvalue weighted by Crippen LogP contribution is 2.33. The Hall–Kier alpha value is -1.73. The fourth-order valence-corrected chi connectivity index (χ4v) is 4.22. The standard InChI is InChI=1S/C18H20FN2P/c1-5-12-9-20-18-15(12)8-13(10-21-18)14-7-6-11(2)17(16(14)19)22(3)4/h6-10H,5H2,1-4H3,(H,20,21). The molecule has 1 aromatic carbocycles. The number of aromatic nitrogens is 2. The van der Waals surface area contributed by atoms with E-state index in [4.69, 9.17) is 0 Å². The van der Waals surface area contributed by atoms with Crippen molar-refractivity contribution in [2.75, 3.05) is 13.3 Å². The maximum Gasteiger partial charge on any atom is 0.138 e. The zero-order valence-electron chi connectivity index (χ0n) is 13.4. The van der Waals surface area contributed by atoms with E-state index in [2.05, 4.69) is 30.2 Å². The van der Waals surface area contributed by atoms with Crippen LogP contribution in [0.4, 0.5) is 4.39 Å².